The first-order valence-electron chi connectivity index (χ1n) is 8.19. The Morgan fingerprint density at radius 3 is 2.52 bits per heavy atom. The highest BCUT2D eigenvalue weighted by Crippen LogP contribution is 2.43. The van der Waals surface area contributed by atoms with Crippen LogP contribution >= 0.6 is 12.4 Å². The van der Waals surface area contributed by atoms with Gasteiger partial charge in [-0.3, -0.25) is 0 Å². The average molecular weight is 372 g/mol. The minimum Gasteiger partial charge on any atom is -0.478 e. The van der Waals surface area contributed by atoms with E-state index in [9.17, 15) is 14.3 Å². The summed E-state index contributed by atoms with van der Waals surface area (Å²) in [5.41, 5.74) is 6.69. The number of benzene rings is 1. The molecule has 2 fully saturated rings. The maximum absolute atomic E-state index is 15.2. The number of hydrogen-bond acceptors (Lipinski definition) is 4. The number of carboxylic acids is 1. The van der Waals surface area contributed by atoms with Gasteiger partial charge in [0.2, 0.25) is 0 Å². The SMILES string of the molecule is Cl.NC1CCN(c2c(F)cc3c(c2F)N(C2CC2)C=C(C(=O)O)C3)C1. The van der Waals surface area contributed by atoms with Crippen molar-refractivity contribution >= 4 is 29.8 Å². The van der Waals surface area contributed by atoms with E-state index in [1.807, 2.05) is 0 Å². The van der Waals surface area contributed by atoms with Gasteiger partial charge in [-0.05, 0) is 30.9 Å². The van der Waals surface area contributed by atoms with E-state index in [1.54, 1.807) is 9.80 Å². The van der Waals surface area contributed by atoms with Gasteiger partial charge in [0.25, 0.3) is 0 Å². The number of halogens is 3. The van der Waals surface area contributed by atoms with Crippen LogP contribution in [0.15, 0.2) is 17.8 Å². The van der Waals surface area contributed by atoms with Crippen molar-refractivity contribution in [3.63, 3.8) is 0 Å². The molecule has 1 aromatic carbocycles. The van der Waals surface area contributed by atoms with E-state index in [0.29, 0.717) is 30.8 Å². The summed E-state index contributed by atoms with van der Waals surface area (Å²) in [7, 11) is 0. The van der Waals surface area contributed by atoms with Crippen LogP contribution in [0.1, 0.15) is 24.8 Å². The van der Waals surface area contributed by atoms with Gasteiger partial charge < -0.3 is 20.6 Å². The molecule has 1 unspecified atom stereocenters. The molecule has 1 aliphatic carbocycles. The van der Waals surface area contributed by atoms with Crippen molar-refractivity contribution in [2.45, 2.75) is 37.8 Å². The van der Waals surface area contributed by atoms with Crippen molar-refractivity contribution in [2.75, 3.05) is 22.9 Å². The summed E-state index contributed by atoms with van der Waals surface area (Å²) in [6, 6.07) is 1.29. The van der Waals surface area contributed by atoms with E-state index in [0.717, 1.165) is 12.8 Å². The molecule has 25 heavy (non-hydrogen) atoms. The van der Waals surface area contributed by atoms with E-state index >= 15 is 4.39 Å². The highest BCUT2D eigenvalue weighted by atomic mass is 35.5. The first-order valence-corrected chi connectivity index (χ1v) is 8.19. The maximum atomic E-state index is 15.2. The smallest absolute Gasteiger partial charge is 0.333 e. The lowest BCUT2D eigenvalue weighted by molar-refractivity contribution is -0.132. The van der Waals surface area contributed by atoms with Gasteiger partial charge in [0.15, 0.2) is 5.82 Å². The third kappa shape index (κ3) is 3.06. The number of nitrogens with two attached hydrogens (primary N) is 1. The Morgan fingerprint density at radius 1 is 1.24 bits per heavy atom. The third-order valence-electron chi connectivity index (χ3n) is 4.94. The Labute approximate surface area is 150 Å². The molecule has 2 heterocycles. The summed E-state index contributed by atoms with van der Waals surface area (Å²) in [5.74, 6) is -2.31. The van der Waals surface area contributed by atoms with Gasteiger partial charge in [0.05, 0.1) is 11.3 Å². The van der Waals surface area contributed by atoms with Crippen molar-refractivity contribution in [1.29, 1.82) is 0 Å². The number of carboxylic acid groups (broad SMARTS) is 1. The minimum atomic E-state index is -1.05. The molecule has 0 bridgehead atoms. The second-order valence-corrected chi connectivity index (χ2v) is 6.80. The molecule has 1 aromatic rings. The molecule has 0 radical (unpaired) electrons. The molecule has 0 aromatic heterocycles. The molecule has 1 saturated heterocycles. The number of nitrogens with zero attached hydrogens (tertiary/aromatic N) is 2. The molecule has 1 atom stereocenters. The molecule has 0 amide bonds. The van der Waals surface area contributed by atoms with Gasteiger partial charge in [-0.2, -0.15) is 0 Å². The van der Waals surface area contributed by atoms with Crippen molar-refractivity contribution in [3.8, 4) is 0 Å². The van der Waals surface area contributed by atoms with E-state index in [2.05, 4.69) is 0 Å². The zero-order valence-corrected chi connectivity index (χ0v) is 14.4. The summed E-state index contributed by atoms with van der Waals surface area (Å²) in [6.45, 7) is 0.944. The monoisotopic (exact) mass is 371 g/mol. The van der Waals surface area contributed by atoms with Gasteiger partial charge in [-0.25, -0.2) is 13.6 Å². The van der Waals surface area contributed by atoms with E-state index in [-0.39, 0.29) is 42.2 Å². The molecular weight excluding hydrogens is 352 g/mol. The lowest BCUT2D eigenvalue weighted by Gasteiger charge is -2.31. The average Bonchev–Trinajstić information content (AvgIpc) is 3.28. The topological polar surface area (TPSA) is 69.8 Å². The minimum absolute atomic E-state index is 0. The van der Waals surface area contributed by atoms with Crippen LogP contribution in [0.2, 0.25) is 0 Å². The zero-order valence-electron chi connectivity index (χ0n) is 13.5. The highest BCUT2D eigenvalue weighted by molar-refractivity contribution is 5.90. The van der Waals surface area contributed by atoms with Crippen LogP contribution in [0.4, 0.5) is 20.2 Å². The molecular formula is C17H20ClF2N3O2. The summed E-state index contributed by atoms with van der Waals surface area (Å²) in [4.78, 5) is 14.7. The van der Waals surface area contributed by atoms with E-state index in [4.69, 9.17) is 5.73 Å². The molecule has 4 rings (SSSR count). The Kier molecular flexibility index (Phi) is 4.64. The summed E-state index contributed by atoms with van der Waals surface area (Å²) >= 11 is 0. The quantitative estimate of drug-likeness (QED) is 0.854. The fraction of sp³-hybridized carbons (Fsp3) is 0.471. The zero-order chi connectivity index (χ0) is 17.0. The van der Waals surface area contributed by atoms with Crippen LogP contribution in [0.25, 0.3) is 0 Å². The highest BCUT2D eigenvalue weighted by Gasteiger charge is 2.37. The lowest BCUT2D eigenvalue weighted by Crippen LogP contribution is -2.31. The van der Waals surface area contributed by atoms with Crippen molar-refractivity contribution in [3.05, 3.63) is 35.0 Å². The largest absolute Gasteiger partial charge is 0.478 e. The van der Waals surface area contributed by atoms with Crippen LogP contribution in [-0.4, -0.2) is 36.2 Å². The lowest BCUT2D eigenvalue weighted by atomic mass is 9.97. The number of anilines is 2. The molecule has 2 aliphatic heterocycles. The molecule has 136 valence electrons. The van der Waals surface area contributed by atoms with Crippen molar-refractivity contribution in [1.82, 2.24) is 0 Å². The first kappa shape index (κ1) is 17.9. The van der Waals surface area contributed by atoms with Gasteiger partial charge in [0, 0.05) is 37.8 Å². The second-order valence-electron chi connectivity index (χ2n) is 6.80. The van der Waals surface area contributed by atoms with Gasteiger partial charge in [0.1, 0.15) is 11.5 Å². The first-order chi connectivity index (χ1) is 11.5. The molecule has 8 heteroatoms. The molecule has 3 aliphatic rings. The maximum Gasteiger partial charge on any atom is 0.333 e. The fourth-order valence-electron chi connectivity index (χ4n) is 3.60. The Bertz CT molecular complexity index is 752. The van der Waals surface area contributed by atoms with Crippen LogP contribution in [-0.2, 0) is 11.2 Å². The molecule has 0 spiro atoms. The normalized spacial score (nSPS) is 22.4. The van der Waals surface area contributed by atoms with E-state index < -0.39 is 17.6 Å². The van der Waals surface area contributed by atoms with Gasteiger partial charge in [-0.1, -0.05) is 0 Å². The summed E-state index contributed by atoms with van der Waals surface area (Å²) in [6.07, 6.45) is 3.99. The Hall–Kier alpha value is -1.86. The predicted octanol–water partition coefficient (Wildman–Crippen LogP) is 2.42. The Morgan fingerprint density at radius 2 is 1.96 bits per heavy atom. The fourth-order valence-corrected chi connectivity index (χ4v) is 3.60. The number of fused-ring (bicyclic) bond motifs is 1. The van der Waals surface area contributed by atoms with Crippen LogP contribution in [0, 0.1) is 11.6 Å². The van der Waals surface area contributed by atoms with Crippen LogP contribution in [0.3, 0.4) is 0 Å². The molecule has 5 nitrogen and oxygen atoms in total. The Balaban J connectivity index is 0.00000182. The van der Waals surface area contributed by atoms with Crippen LogP contribution in [0.5, 0.6) is 0 Å². The number of rotatable bonds is 3. The number of hydrogen-bond donors (Lipinski definition) is 2. The van der Waals surface area contributed by atoms with Gasteiger partial charge in [-0.15, -0.1) is 12.4 Å². The second kappa shape index (κ2) is 6.46. The van der Waals surface area contributed by atoms with Crippen LogP contribution < -0.4 is 15.5 Å². The van der Waals surface area contributed by atoms with Crippen molar-refractivity contribution in [2.24, 2.45) is 5.73 Å². The van der Waals surface area contributed by atoms with Crippen molar-refractivity contribution < 1.29 is 18.7 Å². The molecule has 1 saturated carbocycles. The third-order valence-corrected chi connectivity index (χ3v) is 4.94. The summed E-state index contributed by atoms with van der Waals surface area (Å²) in [5, 5.41) is 9.27. The standard InChI is InChI=1S/C17H19F2N3O2.ClH/c18-13-6-9-5-10(17(23)24)7-22(12-1-2-12)15(9)14(19)16(13)21-4-3-11(20)8-21;/h6-7,11-12H,1-5,8,20H2,(H,23,24);1H. The number of aliphatic carboxylic acids is 1. The predicted molar refractivity (Wildman–Crippen MR) is 93.3 cm³/mol. The van der Waals surface area contributed by atoms with E-state index in [1.165, 1.54) is 12.3 Å². The number of carbonyl (C=O) groups is 1. The summed E-state index contributed by atoms with van der Waals surface area (Å²) < 4.78 is 29.8. The molecule has 3 N–H and O–H groups in total. The van der Waals surface area contributed by atoms with Gasteiger partial charge >= 0.3 is 5.97 Å².